The first-order valence-corrected chi connectivity index (χ1v) is 9.70. The van der Waals surface area contributed by atoms with Gasteiger partial charge >= 0.3 is 0 Å². The molecule has 1 aliphatic rings. The van der Waals surface area contributed by atoms with Crippen molar-refractivity contribution in [3.8, 4) is 0 Å². The van der Waals surface area contributed by atoms with Gasteiger partial charge in [0.2, 0.25) is 0 Å². The van der Waals surface area contributed by atoms with Gasteiger partial charge in [-0.25, -0.2) is 4.39 Å². The summed E-state index contributed by atoms with van der Waals surface area (Å²) in [6.45, 7) is 0. The van der Waals surface area contributed by atoms with E-state index in [1.54, 1.807) is 17.8 Å². The van der Waals surface area contributed by atoms with Crippen LogP contribution in [0, 0.1) is 5.82 Å². The van der Waals surface area contributed by atoms with Gasteiger partial charge in [-0.05, 0) is 42.7 Å². The summed E-state index contributed by atoms with van der Waals surface area (Å²) < 4.78 is 14.4. The maximum atomic E-state index is 13.9. The molecule has 0 atom stereocenters. The normalized spacial score (nSPS) is 16.3. The molecule has 0 aromatic heterocycles. The first-order valence-electron chi connectivity index (χ1n) is 6.87. The Morgan fingerprint density at radius 2 is 2.04 bits per heavy atom. The topological polar surface area (TPSA) is 20.3 Å². The maximum Gasteiger partial charge on any atom is 0.270 e. The van der Waals surface area contributed by atoms with Crippen LogP contribution < -0.4 is 4.90 Å². The highest BCUT2D eigenvalue weighted by Gasteiger charge is 2.33. The molecule has 0 bridgehead atoms. The zero-order valence-corrected chi connectivity index (χ0v) is 15.7. The van der Waals surface area contributed by atoms with Gasteiger partial charge in [-0.1, -0.05) is 47.7 Å². The third kappa shape index (κ3) is 3.37. The molecule has 24 heavy (non-hydrogen) atoms. The second kappa shape index (κ2) is 7.27. The molecule has 1 heterocycles. The van der Waals surface area contributed by atoms with E-state index >= 15 is 0 Å². The molecule has 0 aliphatic carbocycles. The van der Waals surface area contributed by atoms with E-state index in [0.29, 0.717) is 14.9 Å². The van der Waals surface area contributed by atoms with Crippen LogP contribution in [0.1, 0.15) is 5.56 Å². The first-order chi connectivity index (χ1) is 11.5. The van der Waals surface area contributed by atoms with Crippen LogP contribution in [0.3, 0.4) is 0 Å². The number of hydrogen-bond donors (Lipinski definition) is 0. The molecular formula is C17H11ClFNOS3. The number of anilines is 1. The second-order valence-electron chi connectivity index (χ2n) is 4.85. The number of nitrogens with zero attached hydrogens (tertiary/aromatic N) is 1. The second-order valence-corrected chi connectivity index (χ2v) is 7.82. The molecule has 7 heteroatoms. The lowest BCUT2D eigenvalue weighted by Gasteiger charge is -2.15. The number of amides is 1. The van der Waals surface area contributed by atoms with Crippen molar-refractivity contribution >= 4 is 69.3 Å². The highest BCUT2D eigenvalue weighted by atomic mass is 35.5. The highest BCUT2D eigenvalue weighted by Crippen LogP contribution is 2.38. The fourth-order valence-corrected chi connectivity index (χ4v) is 4.17. The third-order valence-corrected chi connectivity index (χ3v) is 5.74. The van der Waals surface area contributed by atoms with Gasteiger partial charge in [0.15, 0.2) is 4.32 Å². The van der Waals surface area contributed by atoms with Crippen molar-refractivity contribution in [2.75, 3.05) is 11.2 Å². The maximum absolute atomic E-state index is 13.9. The summed E-state index contributed by atoms with van der Waals surface area (Å²) in [6.07, 6.45) is 3.42. The van der Waals surface area contributed by atoms with Crippen molar-refractivity contribution in [3.05, 3.63) is 63.8 Å². The van der Waals surface area contributed by atoms with Gasteiger partial charge < -0.3 is 0 Å². The largest absolute Gasteiger partial charge is 0.270 e. The number of thioether (sulfide) groups is 2. The fourth-order valence-electron chi connectivity index (χ4n) is 2.22. The van der Waals surface area contributed by atoms with Crippen LogP contribution in [-0.2, 0) is 4.79 Å². The van der Waals surface area contributed by atoms with Crippen LogP contribution in [0.15, 0.2) is 52.3 Å². The van der Waals surface area contributed by atoms with Gasteiger partial charge in [0.1, 0.15) is 5.82 Å². The van der Waals surface area contributed by atoms with Crippen LogP contribution in [0.2, 0.25) is 5.02 Å². The van der Waals surface area contributed by atoms with Gasteiger partial charge in [0, 0.05) is 10.5 Å². The molecule has 0 radical (unpaired) electrons. The van der Waals surface area contributed by atoms with E-state index in [0.717, 1.165) is 16.7 Å². The number of rotatable bonds is 3. The predicted octanol–water partition coefficient (Wildman–Crippen LogP) is 5.61. The molecule has 122 valence electrons. The highest BCUT2D eigenvalue weighted by molar-refractivity contribution is 8.27. The van der Waals surface area contributed by atoms with Crippen molar-refractivity contribution in [3.63, 3.8) is 0 Å². The average molecular weight is 396 g/mol. The zero-order valence-electron chi connectivity index (χ0n) is 12.5. The standard InChI is InChI=1S/C17H11ClFNOS3/c1-23-11-5-2-4-10(8-11)20-16(21)15(24-17(20)22)9-12-13(18)6-3-7-14(12)19/h2-9H,1H3/b15-9-. The van der Waals surface area contributed by atoms with E-state index < -0.39 is 5.82 Å². The van der Waals surface area contributed by atoms with Gasteiger partial charge in [-0.2, -0.15) is 0 Å². The minimum atomic E-state index is -0.475. The molecule has 0 spiro atoms. The molecule has 2 nitrogen and oxygen atoms in total. The molecule has 1 amide bonds. The molecule has 3 rings (SSSR count). The molecular weight excluding hydrogens is 385 g/mol. The summed E-state index contributed by atoms with van der Waals surface area (Å²) in [5.41, 5.74) is 0.893. The Morgan fingerprint density at radius 1 is 1.29 bits per heavy atom. The van der Waals surface area contributed by atoms with Gasteiger partial charge in [-0.15, -0.1) is 11.8 Å². The van der Waals surface area contributed by atoms with E-state index in [-0.39, 0.29) is 16.5 Å². The molecule has 0 N–H and O–H groups in total. The lowest BCUT2D eigenvalue weighted by molar-refractivity contribution is -0.113. The van der Waals surface area contributed by atoms with Crippen LogP contribution in [0.5, 0.6) is 0 Å². The fraction of sp³-hybridized carbons (Fsp3) is 0.0588. The lowest BCUT2D eigenvalue weighted by atomic mass is 10.2. The number of carbonyl (C=O) groups is 1. The number of hydrogen-bond acceptors (Lipinski definition) is 4. The number of halogens is 2. The Balaban J connectivity index is 1.98. The zero-order chi connectivity index (χ0) is 17.3. The van der Waals surface area contributed by atoms with Crippen molar-refractivity contribution in [1.82, 2.24) is 0 Å². The summed E-state index contributed by atoms with van der Waals surface area (Å²) in [4.78, 5) is 15.6. The average Bonchev–Trinajstić information content (AvgIpc) is 2.85. The molecule has 1 aliphatic heterocycles. The Kier molecular flexibility index (Phi) is 5.30. The number of thiocarbonyl (C=S) groups is 1. The van der Waals surface area contributed by atoms with Crippen molar-refractivity contribution in [1.29, 1.82) is 0 Å². The molecule has 1 fully saturated rings. The van der Waals surface area contributed by atoms with Crippen molar-refractivity contribution < 1.29 is 9.18 Å². The monoisotopic (exact) mass is 395 g/mol. The van der Waals surface area contributed by atoms with E-state index in [1.807, 2.05) is 30.5 Å². The van der Waals surface area contributed by atoms with Crippen molar-refractivity contribution in [2.24, 2.45) is 0 Å². The molecule has 2 aromatic rings. The van der Waals surface area contributed by atoms with E-state index in [4.69, 9.17) is 23.8 Å². The summed E-state index contributed by atoms with van der Waals surface area (Å²) >= 11 is 14.1. The lowest BCUT2D eigenvalue weighted by Crippen LogP contribution is -2.27. The minimum absolute atomic E-state index is 0.192. The van der Waals surface area contributed by atoms with Crippen LogP contribution in [-0.4, -0.2) is 16.5 Å². The predicted molar refractivity (Wildman–Crippen MR) is 105 cm³/mol. The van der Waals surface area contributed by atoms with Crippen LogP contribution >= 0.6 is 47.3 Å². The Labute approximate surface area is 158 Å². The van der Waals surface area contributed by atoms with E-state index in [1.165, 1.54) is 23.1 Å². The SMILES string of the molecule is CSc1cccc(N2C(=O)/C(=C/c3c(F)cccc3Cl)SC2=S)c1. The summed E-state index contributed by atoms with van der Waals surface area (Å²) in [5, 5.41) is 0.254. The summed E-state index contributed by atoms with van der Waals surface area (Å²) in [6, 6.07) is 12.0. The third-order valence-electron chi connectivity index (χ3n) is 3.38. The van der Waals surface area contributed by atoms with Gasteiger partial charge in [0.05, 0.1) is 15.6 Å². The first kappa shape index (κ1) is 17.5. The Morgan fingerprint density at radius 3 is 2.75 bits per heavy atom. The van der Waals surface area contributed by atoms with Crippen molar-refractivity contribution in [2.45, 2.75) is 4.90 Å². The van der Waals surface area contributed by atoms with Crippen LogP contribution in [0.4, 0.5) is 10.1 Å². The van der Waals surface area contributed by atoms with Gasteiger partial charge in [-0.3, -0.25) is 9.69 Å². The molecule has 2 aromatic carbocycles. The number of carbonyl (C=O) groups excluding carboxylic acids is 1. The molecule has 0 saturated carbocycles. The van der Waals surface area contributed by atoms with Gasteiger partial charge in [0.25, 0.3) is 5.91 Å². The van der Waals surface area contributed by atoms with E-state index in [2.05, 4.69) is 0 Å². The molecule has 1 saturated heterocycles. The van der Waals surface area contributed by atoms with Crippen LogP contribution in [0.25, 0.3) is 6.08 Å². The summed E-state index contributed by atoms with van der Waals surface area (Å²) in [7, 11) is 0. The minimum Gasteiger partial charge on any atom is -0.268 e. The van der Waals surface area contributed by atoms with E-state index in [9.17, 15) is 9.18 Å². The smallest absolute Gasteiger partial charge is 0.268 e. The Bertz CT molecular complexity index is 848. The Hall–Kier alpha value is -1.34. The quantitative estimate of drug-likeness (QED) is 0.382. The summed E-state index contributed by atoms with van der Waals surface area (Å²) in [5.74, 6) is -0.750. The molecule has 0 unspecified atom stereocenters. The number of benzene rings is 2.